The van der Waals surface area contributed by atoms with Crippen LogP contribution in [0.3, 0.4) is 0 Å². The van der Waals surface area contributed by atoms with Crippen LogP contribution in [-0.2, 0) is 4.79 Å². The maximum Gasteiger partial charge on any atom is 0.229 e. The van der Waals surface area contributed by atoms with E-state index in [1.807, 2.05) is 0 Å². The molecule has 128 valence electrons. The summed E-state index contributed by atoms with van der Waals surface area (Å²) in [4.78, 5) is 16.8. The highest BCUT2D eigenvalue weighted by atomic mass is 32.1. The van der Waals surface area contributed by atoms with Crippen LogP contribution < -0.4 is 15.8 Å². The quantitative estimate of drug-likeness (QED) is 0.868. The molecule has 0 aliphatic heterocycles. The Morgan fingerprint density at radius 3 is 3.08 bits per heavy atom. The molecule has 7 heteroatoms. The third kappa shape index (κ3) is 3.42. The van der Waals surface area contributed by atoms with Crippen molar-refractivity contribution >= 4 is 22.4 Å². The zero-order chi connectivity index (χ0) is 17.1. The van der Waals surface area contributed by atoms with E-state index in [2.05, 4.69) is 10.3 Å². The van der Waals surface area contributed by atoms with Gasteiger partial charge in [0.2, 0.25) is 5.91 Å². The number of nitrogens with zero attached hydrogens (tertiary/aromatic N) is 1. The third-order valence-electron chi connectivity index (χ3n) is 4.47. The molecule has 1 fully saturated rings. The number of carbonyl (C=O) groups excluding carboxylic acids is 1. The maximum absolute atomic E-state index is 13.5. The minimum absolute atomic E-state index is 0.0324. The summed E-state index contributed by atoms with van der Waals surface area (Å²) < 4.78 is 18.8. The molecule has 1 aliphatic carbocycles. The van der Waals surface area contributed by atoms with E-state index in [1.54, 1.807) is 11.4 Å². The fraction of sp³-hybridized carbons (Fsp3) is 0.412. The topological polar surface area (TPSA) is 77.2 Å². The number of nitrogens with two attached hydrogens (primary N) is 1. The number of ether oxygens (including phenoxy) is 1. The molecular formula is C17H20FN3O2S. The van der Waals surface area contributed by atoms with Gasteiger partial charge >= 0.3 is 0 Å². The van der Waals surface area contributed by atoms with E-state index in [0.717, 1.165) is 19.3 Å². The molecule has 0 bridgehead atoms. The first-order valence-corrected chi connectivity index (χ1v) is 8.80. The van der Waals surface area contributed by atoms with Crippen LogP contribution in [0.4, 0.5) is 9.52 Å². The van der Waals surface area contributed by atoms with Gasteiger partial charge < -0.3 is 15.8 Å². The molecule has 1 aliphatic rings. The van der Waals surface area contributed by atoms with Crippen LogP contribution in [0.15, 0.2) is 23.6 Å². The summed E-state index contributed by atoms with van der Waals surface area (Å²) in [6.45, 7) is 0.529. The Bertz CT molecular complexity index is 734. The fourth-order valence-corrected chi connectivity index (χ4v) is 3.91. The summed E-state index contributed by atoms with van der Waals surface area (Å²) in [6, 6.07) is 4.28. The number of hydrogen-bond acceptors (Lipinski definition) is 5. The van der Waals surface area contributed by atoms with Crippen molar-refractivity contribution in [2.24, 2.45) is 17.6 Å². The average Bonchev–Trinajstić information content (AvgIpc) is 3.23. The molecule has 1 aromatic carbocycles. The average molecular weight is 349 g/mol. The first kappa shape index (κ1) is 16.9. The minimum atomic E-state index is -0.360. The summed E-state index contributed by atoms with van der Waals surface area (Å²) in [5.41, 5.74) is 6.88. The van der Waals surface area contributed by atoms with E-state index >= 15 is 0 Å². The number of hydrogen-bond donors (Lipinski definition) is 2. The number of thiazole rings is 1. The molecule has 0 spiro atoms. The minimum Gasteiger partial charge on any atom is -0.496 e. The van der Waals surface area contributed by atoms with Crippen molar-refractivity contribution in [2.75, 3.05) is 19.0 Å². The molecule has 0 unspecified atom stereocenters. The lowest BCUT2D eigenvalue weighted by molar-refractivity contribution is -0.120. The lowest BCUT2D eigenvalue weighted by Crippen LogP contribution is -2.29. The molecule has 0 saturated heterocycles. The SMILES string of the molecule is COc1ccc(F)cc1-c1csc(NC(=O)[C@@H]2CCC[C@@H]2CN)n1. The predicted molar refractivity (Wildman–Crippen MR) is 92.6 cm³/mol. The van der Waals surface area contributed by atoms with Crippen molar-refractivity contribution in [3.05, 3.63) is 29.4 Å². The van der Waals surface area contributed by atoms with Crippen LogP contribution in [0.1, 0.15) is 19.3 Å². The second kappa shape index (κ2) is 7.27. The summed E-state index contributed by atoms with van der Waals surface area (Å²) in [7, 11) is 1.53. The number of aromatic nitrogens is 1. The van der Waals surface area contributed by atoms with Gasteiger partial charge in [-0.1, -0.05) is 6.42 Å². The van der Waals surface area contributed by atoms with Crippen LogP contribution in [0, 0.1) is 17.7 Å². The van der Waals surface area contributed by atoms with Gasteiger partial charge in [-0.2, -0.15) is 0 Å². The van der Waals surface area contributed by atoms with Crippen LogP contribution in [-0.4, -0.2) is 24.5 Å². The molecule has 1 aromatic heterocycles. The number of methoxy groups -OCH3 is 1. The van der Waals surface area contributed by atoms with Gasteiger partial charge in [0.25, 0.3) is 0 Å². The van der Waals surface area contributed by atoms with Crippen LogP contribution >= 0.6 is 11.3 Å². The van der Waals surface area contributed by atoms with Gasteiger partial charge in [-0.15, -0.1) is 11.3 Å². The van der Waals surface area contributed by atoms with E-state index < -0.39 is 0 Å². The van der Waals surface area contributed by atoms with Crippen molar-refractivity contribution in [3.63, 3.8) is 0 Å². The number of carbonyl (C=O) groups is 1. The van der Waals surface area contributed by atoms with Crippen molar-refractivity contribution in [3.8, 4) is 17.0 Å². The van der Waals surface area contributed by atoms with Gasteiger partial charge in [-0.05, 0) is 43.5 Å². The van der Waals surface area contributed by atoms with Crippen LogP contribution in [0.25, 0.3) is 11.3 Å². The molecule has 3 N–H and O–H groups in total. The number of rotatable bonds is 5. The van der Waals surface area contributed by atoms with Gasteiger partial charge in [0.05, 0.1) is 12.8 Å². The van der Waals surface area contributed by atoms with Crippen LogP contribution in [0.2, 0.25) is 0 Å². The van der Waals surface area contributed by atoms with Crippen molar-refractivity contribution in [1.29, 1.82) is 0 Å². The monoisotopic (exact) mass is 349 g/mol. The van der Waals surface area contributed by atoms with Gasteiger partial charge in [-0.3, -0.25) is 4.79 Å². The second-order valence-electron chi connectivity index (χ2n) is 5.90. The molecule has 24 heavy (non-hydrogen) atoms. The lowest BCUT2D eigenvalue weighted by Gasteiger charge is -2.16. The highest BCUT2D eigenvalue weighted by Gasteiger charge is 2.32. The molecule has 2 atom stereocenters. The molecule has 2 aromatic rings. The molecule has 1 heterocycles. The molecule has 1 amide bonds. The number of benzene rings is 1. The Hall–Kier alpha value is -1.99. The number of anilines is 1. The highest BCUT2D eigenvalue weighted by Crippen LogP contribution is 2.35. The van der Waals surface area contributed by atoms with E-state index in [9.17, 15) is 9.18 Å². The standard InChI is InChI=1S/C17H20FN3O2S/c1-23-15-6-5-11(18)7-13(15)14-9-24-17(20-14)21-16(22)12-4-2-3-10(12)8-19/h5-7,9-10,12H,2-4,8,19H2,1H3,(H,20,21,22)/t10-,12-/m1/s1. The Morgan fingerprint density at radius 2 is 2.33 bits per heavy atom. The lowest BCUT2D eigenvalue weighted by atomic mass is 9.95. The van der Waals surface area contributed by atoms with Crippen molar-refractivity contribution < 1.29 is 13.9 Å². The van der Waals surface area contributed by atoms with Gasteiger partial charge in [0, 0.05) is 16.9 Å². The summed E-state index contributed by atoms with van der Waals surface area (Å²) >= 11 is 1.31. The van der Waals surface area contributed by atoms with E-state index in [4.69, 9.17) is 10.5 Å². The maximum atomic E-state index is 13.5. The second-order valence-corrected chi connectivity index (χ2v) is 6.76. The Labute approximate surface area is 144 Å². The van der Waals surface area contributed by atoms with Crippen molar-refractivity contribution in [2.45, 2.75) is 19.3 Å². The van der Waals surface area contributed by atoms with Crippen LogP contribution in [0.5, 0.6) is 5.75 Å². The Kier molecular flexibility index (Phi) is 5.11. The molecule has 0 radical (unpaired) electrons. The first-order valence-electron chi connectivity index (χ1n) is 7.92. The van der Waals surface area contributed by atoms with Crippen molar-refractivity contribution in [1.82, 2.24) is 4.98 Å². The third-order valence-corrected chi connectivity index (χ3v) is 5.23. The summed E-state index contributed by atoms with van der Waals surface area (Å²) in [5, 5.41) is 5.15. The number of nitrogens with one attached hydrogen (secondary N) is 1. The highest BCUT2D eigenvalue weighted by molar-refractivity contribution is 7.14. The number of amides is 1. The zero-order valence-corrected chi connectivity index (χ0v) is 14.2. The number of halogens is 1. The largest absolute Gasteiger partial charge is 0.496 e. The molecular weight excluding hydrogens is 329 g/mol. The van der Waals surface area contributed by atoms with E-state index in [0.29, 0.717) is 28.7 Å². The van der Waals surface area contributed by atoms with E-state index in [1.165, 1.54) is 30.6 Å². The Morgan fingerprint density at radius 1 is 1.50 bits per heavy atom. The normalized spacial score (nSPS) is 20.1. The summed E-state index contributed by atoms with van der Waals surface area (Å²) in [5.74, 6) is 0.341. The molecule has 3 rings (SSSR count). The smallest absolute Gasteiger partial charge is 0.229 e. The van der Waals surface area contributed by atoms with Gasteiger partial charge in [0.15, 0.2) is 5.13 Å². The van der Waals surface area contributed by atoms with E-state index in [-0.39, 0.29) is 23.6 Å². The molecule has 5 nitrogen and oxygen atoms in total. The van der Waals surface area contributed by atoms with Gasteiger partial charge in [-0.25, -0.2) is 9.37 Å². The predicted octanol–water partition coefficient (Wildman–Crippen LogP) is 3.27. The first-order chi connectivity index (χ1) is 11.6. The van der Waals surface area contributed by atoms with Gasteiger partial charge in [0.1, 0.15) is 11.6 Å². The molecule has 1 saturated carbocycles. The summed E-state index contributed by atoms with van der Waals surface area (Å²) in [6.07, 6.45) is 2.89. The fourth-order valence-electron chi connectivity index (χ4n) is 3.20. The Balaban J connectivity index is 1.76. The zero-order valence-electron chi connectivity index (χ0n) is 13.4.